The minimum absolute atomic E-state index is 0.0754. The van der Waals surface area contributed by atoms with Gasteiger partial charge in [-0.1, -0.05) is 43.7 Å². The summed E-state index contributed by atoms with van der Waals surface area (Å²) in [6.45, 7) is 6.70. The van der Waals surface area contributed by atoms with E-state index in [1.807, 2.05) is 25.1 Å². The van der Waals surface area contributed by atoms with Gasteiger partial charge in [0, 0.05) is 30.4 Å². The summed E-state index contributed by atoms with van der Waals surface area (Å²) >= 11 is 0. The zero-order chi connectivity index (χ0) is 22.1. The molecule has 31 heavy (non-hydrogen) atoms. The molecule has 0 aliphatic carbocycles. The van der Waals surface area contributed by atoms with Crippen LogP contribution in [0.1, 0.15) is 74.7 Å². The number of carbonyl (C=O) groups excluding carboxylic acids is 1. The van der Waals surface area contributed by atoms with Gasteiger partial charge >= 0.3 is 0 Å². The van der Waals surface area contributed by atoms with Crippen LogP contribution in [-0.2, 0) is 11.4 Å². The number of hydrogen-bond donors (Lipinski definition) is 2. The molecule has 3 rings (SSSR count). The normalized spacial score (nSPS) is 16.0. The summed E-state index contributed by atoms with van der Waals surface area (Å²) in [5.41, 5.74) is 4.13. The molecule has 5 heteroatoms. The Morgan fingerprint density at radius 3 is 2.58 bits per heavy atom. The van der Waals surface area contributed by atoms with Crippen molar-refractivity contribution in [3.05, 3.63) is 59.2 Å². The molecular formula is C26H36N2O3. The maximum atomic E-state index is 12.1. The predicted octanol–water partition coefficient (Wildman–Crippen LogP) is 4.94. The second-order valence-electron chi connectivity index (χ2n) is 8.19. The van der Waals surface area contributed by atoms with Crippen molar-refractivity contribution < 1.29 is 14.6 Å². The highest BCUT2D eigenvalue weighted by atomic mass is 16.5. The van der Waals surface area contributed by atoms with Gasteiger partial charge in [0.2, 0.25) is 0 Å². The lowest BCUT2D eigenvalue weighted by Crippen LogP contribution is -2.33. The molecule has 2 aromatic carbocycles. The van der Waals surface area contributed by atoms with Gasteiger partial charge in [-0.2, -0.15) is 0 Å². The number of benzene rings is 2. The first-order chi connectivity index (χ1) is 15.2. The Bertz CT molecular complexity index is 833. The lowest BCUT2D eigenvalue weighted by atomic mass is 9.96. The number of anilines is 1. The molecule has 0 saturated carbocycles. The molecule has 2 aromatic rings. The predicted molar refractivity (Wildman–Crippen MR) is 126 cm³/mol. The SMILES string of the molecule is CCCC(NC(C=O)c1ccc(CO)c(OCC)c1)c1ccccc1N1CCCCC1. The number of nitrogens with zero attached hydrogens (tertiary/aromatic N) is 1. The zero-order valence-corrected chi connectivity index (χ0v) is 18.8. The Balaban J connectivity index is 1.88. The van der Waals surface area contributed by atoms with E-state index in [0.29, 0.717) is 12.4 Å². The molecule has 0 radical (unpaired) electrons. The fourth-order valence-corrected chi connectivity index (χ4v) is 4.44. The van der Waals surface area contributed by atoms with Gasteiger partial charge in [-0.3, -0.25) is 5.32 Å². The number of hydrogen-bond acceptors (Lipinski definition) is 5. The standard InChI is InChI=1S/C26H36N2O3/c1-3-10-23(22-11-6-7-12-25(22)28-15-8-5-9-16-28)27-24(19-30)20-13-14-21(18-29)26(17-20)31-4-2/h6-7,11-14,17,19,23-24,27,29H,3-5,8-10,15-16,18H2,1-2H3. The van der Waals surface area contributed by atoms with Gasteiger partial charge in [0.1, 0.15) is 12.0 Å². The summed E-state index contributed by atoms with van der Waals surface area (Å²) in [5, 5.41) is 13.2. The first kappa shape index (κ1) is 23.3. The molecule has 2 atom stereocenters. The number of aliphatic hydroxyl groups excluding tert-OH is 1. The van der Waals surface area contributed by atoms with Gasteiger partial charge in [-0.05, 0) is 55.9 Å². The zero-order valence-electron chi connectivity index (χ0n) is 18.8. The van der Waals surface area contributed by atoms with Crippen LogP contribution in [0.5, 0.6) is 5.75 Å². The van der Waals surface area contributed by atoms with Crippen molar-refractivity contribution in [3.8, 4) is 5.75 Å². The highest BCUT2D eigenvalue weighted by molar-refractivity contribution is 5.63. The third-order valence-electron chi connectivity index (χ3n) is 6.02. The summed E-state index contributed by atoms with van der Waals surface area (Å²) in [6, 6.07) is 13.9. The molecule has 2 N–H and O–H groups in total. The second-order valence-corrected chi connectivity index (χ2v) is 8.19. The maximum Gasteiger partial charge on any atom is 0.141 e. The van der Waals surface area contributed by atoms with Crippen LogP contribution in [0.15, 0.2) is 42.5 Å². The quantitative estimate of drug-likeness (QED) is 0.500. The molecule has 5 nitrogen and oxygen atoms in total. The monoisotopic (exact) mass is 424 g/mol. The number of rotatable bonds is 11. The Labute approximate surface area is 186 Å². The van der Waals surface area contributed by atoms with Crippen LogP contribution in [0.4, 0.5) is 5.69 Å². The lowest BCUT2D eigenvalue weighted by molar-refractivity contribution is -0.109. The van der Waals surface area contributed by atoms with Crippen LogP contribution in [0.25, 0.3) is 0 Å². The van der Waals surface area contributed by atoms with Crippen LogP contribution >= 0.6 is 0 Å². The average molecular weight is 425 g/mol. The fraction of sp³-hybridized carbons (Fsp3) is 0.500. The number of ether oxygens (including phenoxy) is 1. The Hall–Kier alpha value is -2.37. The van der Waals surface area contributed by atoms with E-state index in [4.69, 9.17) is 4.74 Å². The minimum Gasteiger partial charge on any atom is -0.493 e. The molecule has 0 amide bonds. The third-order valence-corrected chi connectivity index (χ3v) is 6.02. The van der Waals surface area contributed by atoms with Crippen molar-refractivity contribution >= 4 is 12.0 Å². The van der Waals surface area contributed by atoms with Crippen molar-refractivity contribution in [2.24, 2.45) is 0 Å². The first-order valence-corrected chi connectivity index (χ1v) is 11.6. The highest BCUT2D eigenvalue weighted by Crippen LogP contribution is 2.33. The fourth-order valence-electron chi connectivity index (χ4n) is 4.44. The van der Waals surface area contributed by atoms with Crippen LogP contribution < -0.4 is 15.0 Å². The summed E-state index contributed by atoms with van der Waals surface area (Å²) in [4.78, 5) is 14.6. The van der Waals surface area contributed by atoms with Crippen LogP contribution in [0.2, 0.25) is 0 Å². The summed E-state index contributed by atoms with van der Waals surface area (Å²) in [7, 11) is 0. The first-order valence-electron chi connectivity index (χ1n) is 11.6. The molecule has 1 fully saturated rings. The van der Waals surface area contributed by atoms with Crippen molar-refractivity contribution in [1.82, 2.24) is 5.32 Å². The second kappa shape index (κ2) is 11.9. The van der Waals surface area contributed by atoms with Crippen molar-refractivity contribution in [1.29, 1.82) is 0 Å². The van der Waals surface area contributed by atoms with Gasteiger partial charge in [0.15, 0.2) is 0 Å². The van der Waals surface area contributed by atoms with E-state index >= 15 is 0 Å². The van der Waals surface area contributed by atoms with Crippen LogP contribution in [0.3, 0.4) is 0 Å². The van der Waals surface area contributed by atoms with Crippen LogP contribution in [0, 0.1) is 0 Å². The van der Waals surface area contributed by atoms with Crippen molar-refractivity contribution in [2.75, 3.05) is 24.6 Å². The number of aldehydes is 1. The lowest BCUT2D eigenvalue weighted by Gasteiger charge is -2.33. The number of piperidine rings is 1. The molecule has 168 valence electrons. The van der Waals surface area contributed by atoms with Gasteiger partial charge in [0.05, 0.1) is 19.3 Å². The highest BCUT2D eigenvalue weighted by Gasteiger charge is 2.23. The number of carbonyl (C=O) groups is 1. The van der Waals surface area contributed by atoms with Gasteiger partial charge in [-0.15, -0.1) is 0 Å². The van der Waals surface area contributed by atoms with E-state index in [-0.39, 0.29) is 12.6 Å². The van der Waals surface area contributed by atoms with E-state index in [1.165, 1.54) is 30.5 Å². The van der Waals surface area contributed by atoms with Gasteiger partial charge in [-0.25, -0.2) is 0 Å². The average Bonchev–Trinajstić information content (AvgIpc) is 2.82. The van der Waals surface area contributed by atoms with Crippen molar-refractivity contribution in [2.45, 2.75) is 64.6 Å². The van der Waals surface area contributed by atoms with E-state index < -0.39 is 6.04 Å². The molecule has 0 aromatic heterocycles. The number of nitrogens with one attached hydrogen (secondary N) is 1. The molecular weight excluding hydrogens is 388 g/mol. The Morgan fingerprint density at radius 1 is 1.13 bits per heavy atom. The molecule has 0 spiro atoms. The Kier molecular flexibility index (Phi) is 8.92. The summed E-state index contributed by atoms with van der Waals surface area (Å²) in [5.74, 6) is 0.636. The molecule has 0 bridgehead atoms. The minimum atomic E-state index is -0.446. The largest absolute Gasteiger partial charge is 0.493 e. The third kappa shape index (κ3) is 5.86. The smallest absolute Gasteiger partial charge is 0.141 e. The van der Waals surface area contributed by atoms with Crippen LogP contribution in [-0.4, -0.2) is 31.1 Å². The van der Waals surface area contributed by atoms with E-state index in [0.717, 1.165) is 43.3 Å². The Morgan fingerprint density at radius 2 is 1.90 bits per heavy atom. The molecule has 1 aliphatic rings. The van der Waals surface area contributed by atoms with E-state index in [9.17, 15) is 9.90 Å². The van der Waals surface area contributed by atoms with E-state index in [1.54, 1.807) is 0 Å². The molecule has 1 aliphatic heterocycles. The summed E-state index contributed by atoms with van der Waals surface area (Å²) < 4.78 is 5.69. The summed E-state index contributed by atoms with van der Waals surface area (Å²) in [6.07, 6.45) is 6.70. The maximum absolute atomic E-state index is 12.1. The van der Waals surface area contributed by atoms with E-state index in [2.05, 4.69) is 41.4 Å². The molecule has 1 saturated heterocycles. The van der Waals surface area contributed by atoms with Crippen molar-refractivity contribution in [3.63, 3.8) is 0 Å². The van der Waals surface area contributed by atoms with Gasteiger partial charge < -0.3 is 19.5 Å². The topological polar surface area (TPSA) is 61.8 Å². The molecule has 2 unspecified atom stereocenters. The van der Waals surface area contributed by atoms with Gasteiger partial charge in [0.25, 0.3) is 0 Å². The number of aliphatic hydroxyl groups is 1. The molecule has 1 heterocycles. The number of para-hydroxylation sites is 1.